The summed E-state index contributed by atoms with van der Waals surface area (Å²) in [5, 5.41) is 0. The van der Waals surface area contributed by atoms with Gasteiger partial charge < -0.3 is 4.90 Å². The van der Waals surface area contributed by atoms with E-state index in [1.165, 1.54) is 90.3 Å². The molecule has 0 aromatic rings. The van der Waals surface area contributed by atoms with Crippen molar-refractivity contribution in [3.63, 3.8) is 0 Å². The second kappa shape index (κ2) is 8.19. The van der Waals surface area contributed by atoms with Crippen LogP contribution in [0.3, 0.4) is 0 Å². The zero-order chi connectivity index (χ0) is 12.6. The van der Waals surface area contributed by atoms with Crippen LogP contribution in [0.2, 0.25) is 0 Å². The first kappa shape index (κ1) is 14.4. The topological polar surface area (TPSA) is 3.24 Å². The van der Waals surface area contributed by atoms with Gasteiger partial charge in [0, 0.05) is 0 Å². The minimum absolute atomic E-state index is 1.05. The van der Waals surface area contributed by atoms with Crippen molar-refractivity contribution in [1.82, 2.24) is 4.90 Å². The van der Waals surface area contributed by atoms with Gasteiger partial charge in [0.25, 0.3) is 0 Å². The second-order valence-electron chi connectivity index (χ2n) is 6.72. The normalized spacial score (nSPS) is 24.5. The van der Waals surface area contributed by atoms with Gasteiger partial charge in [-0.2, -0.15) is 0 Å². The zero-order valence-corrected chi connectivity index (χ0v) is 12.5. The largest absolute Gasteiger partial charge is 0.303 e. The number of hydrogen-bond donors (Lipinski definition) is 0. The Kier molecular flexibility index (Phi) is 6.54. The first-order valence-electron chi connectivity index (χ1n) is 8.61. The number of likely N-dealkylation sites (tertiary alicyclic amines) is 1. The predicted molar refractivity (Wildman–Crippen MR) is 79.9 cm³/mol. The summed E-state index contributed by atoms with van der Waals surface area (Å²) in [5.74, 6) is 2.12. The van der Waals surface area contributed by atoms with Gasteiger partial charge in [0.15, 0.2) is 0 Å². The van der Waals surface area contributed by atoms with Crippen LogP contribution in [0.1, 0.15) is 77.6 Å². The summed E-state index contributed by atoms with van der Waals surface area (Å²) in [4.78, 5) is 2.75. The van der Waals surface area contributed by atoms with Crippen molar-refractivity contribution in [2.45, 2.75) is 77.6 Å². The van der Waals surface area contributed by atoms with E-state index in [1.807, 2.05) is 0 Å². The molecular formula is C17H33N. The lowest BCUT2D eigenvalue weighted by atomic mass is 9.86. The van der Waals surface area contributed by atoms with Crippen LogP contribution < -0.4 is 0 Å². The molecule has 1 saturated carbocycles. The number of rotatable bonds is 6. The highest BCUT2D eigenvalue weighted by molar-refractivity contribution is 4.74. The highest BCUT2D eigenvalue weighted by atomic mass is 15.1. The molecular weight excluding hydrogens is 218 g/mol. The molecule has 1 aliphatic carbocycles. The van der Waals surface area contributed by atoms with Gasteiger partial charge in [0.05, 0.1) is 0 Å². The fourth-order valence-electron chi connectivity index (χ4n) is 3.83. The molecule has 0 atom stereocenters. The Morgan fingerprint density at radius 3 is 2.17 bits per heavy atom. The number of unbranched alkanes of at least 4 members (excludes halogenated alkanes) is 1. The Balaban J connectivity index is 1.55. The SMILES string of the molecule is CCCCC1CCN(CCC2CCCCC2)CC1. The molecule has 106 valence electrons. The fourth-order valence-corrected chi connectivity index (χ4v) is 3.83. The molecule has 2 aliphatic rings. The number of hydrogen-bond acceptors (Lipinski definition) is 1. The Hall–Kier alpha value is -0.0400. The summed E-state index contributed by atoms with van der Waals surface area (Å²) < 4.78 is 0. The van der Waals surface area contributed by atoms with Crippen molar-refractivity contribution in [2.75, 3.05) is 19.6 Å². The third-order valence-corrected chi connectivity index (χ3v) is 5.25. The third kappa shape index (κ3) is 4.91. The highest BCUT2D eigenvalue weighted by Crippen LogP contribution is 2.28. The van der Waals surface area contributed by atoms with Crippen molar-refractivity contribution < 1.29 is 0 Å². The van der Waals surface area contributed by atoms with Crippen molar-refractivity contribution >= 4 is 0 Å². The van der Waals surface area contributed by atoms with E-state index in [0.29, 0.717) is 0 Å². The molecule has 0 unspecified atom stereocenters. The van der Waals surface area contributed by atoms with Crippen molar-refractivity contribution in [1.29, 1.82) is 0 Å². The standard InChI is InChI=1S/C17H33N/c1-2-3-7-17-11-14-18(15-12-17)13-10-16-8-5-4-6-9-16/h16-17H,2-15H2,1H3. The molecule has 0 radical (unpaired) electrons. The quantitative estimate of drug-likeness (QED) is 0.651. The summed E-state index contributed by atoms with van der Waals surface area (Å²) in [6.07, 6.45) is 16.3. The van der Waals surface area contributed by atoms with Crippen LogP contribution in [-0.4, -0.2) is 24.5 Å². The Morgan fingerprint density at radius 1 is 0.833 bits per heavy atom. The monoisotopic (exact) mass is 251 g/mol. The minimum atomic E-state index is 1.05. The summed E-state index contributed by atoms with van der Waals surface area (Å²) in [6, 6.07) is 0. The maximum absolute atomic E-state index is 2.75. The molecule has 18 heavy (non-hydrogen) atoms. The van der Waals surface area contributed by atoms with Gasteiger partial charge in [-0.3, -0.25) is 0 Å². The van der Waals surface area contributed by atoms with E-state index in [-0.39, 0.29) is 0 Å². The molecule has 1 heteroatoms. The van der Waals surface area contributed by atoms with E-state index >= 15 is 0 Å². The Labute approximate surface area is 114 Å². The smallest absolute Gasteiger partial charge is 0.00161 e. The van der Waals surface area contributed by atoms with E-state index in [9.17, 15) is 0 Å². The van der Waals surface area contributed by atoms with Crippen LogP contribution in [0.5, 0.6) is 0 Å². The molecule has 1 heterocycles. The van der Waals surface area contributed by atoms with Gasteiger partial charge >= 0.3 is 0 Å². The van der Waals surface area contributed by atoms with Crippen molar-refractivity contribution in [2.24, 2.45) is 11.8 Å². The number of nitrogens with zero attached hydrogens (tertiary/aromatic N) is 1. The maximum atomic E-state index is 2.75. The molecule has 0 N–H and O–H groups in total. The molecule has 0 aromatic carbocycles. The fraction of sp³-hybridized carbons (Fsp3) is 1.00. The van der Waals surface area contributed by atoms with Crippen LogP contribution in [0.25, 0.3) is 0 Å². The van der Waals surface area contributed by atoms with Crippen LogP contribution >= 0.6 is 0 Å². The van der Waals surface area contributed by atoms with E-state index < -0.39 is 0 Å². The number of piperidine rings is 1. The first-order chi connectivity index (χ1) is 8.88. The van der Waals surface area contributed by atoms with Gasteiger partial charge in [-0.05, 0) is 50.7 Å². The zero-order valence-electron chi connectivity index (χ0n) is 12.5. The lowest BCUT2D eigenvalue weighted by Crippen LogP contribution is -2.35. The van der Waals surface area contributed by atoms with Gasteiger partial charge in [0.1, 0.15) is 0 Å². The van der Waals surface area contributed by atoms with Crippen LogP contribution in [-0.2, 0) is 0 Å². The van der Waals surface area contributed by atoms with E-state index in [0.717, 1.165) is 11.8 Å². The Morgan fingerprint density at radius 2 is 1.50 bits per heavy atom. The lowest BCUT2D eigenvalue weighted by Gasteiger charge is -2.33. The maximum Gasteiger partial charge on any atom is -0.00161 e. The highest BCUT2D eigenvalue weighted by Gasteiger charge is 2.20. The molecule has 0 aromatic heterocycles. The molecule has 1 saturated heterocycles. The van der Waals surface area contributed by atoms with Crippen LogP contribution in [0.15, 0.2) is 0 Å². The van der Waals surface area contributed by atoms with Gasteiger partial charge in [-0.1, -0.05) is 58.3 Å². The summed E-state index contributed by atoms with van der Waals surface area (Å²) in [7, 11) is 0. The molecule has 1 nitrogen and oxygen atoms in total. The first-order valence-corrected chi connectivity index (χ1v) is 8.61. The molecule has 2 fully saturated rings. The van der Waals surface area contributed by atoms with E-state index in [1.54, 1.807) is 0 Å². The average molecular weight is 251 g/mol. The lowest BCUT2D eigenvalue weighted by molar-refractivity contribution is 0.162. The van der Waals surface area contributed by atoms with Crippen LogP contribution in [0, 0.1) is 11.8 Å². The minimum Gasteiger partial charge on any atom is -0.303 e. The van der Waals surface area contributed by atoms with E-state index in [2.05, 4.69) is 11.8 Å². The molecule has 0 bridgehead atoms. The second-order valence-corrected chi connectivity index (χ2v) is 6.72. The van der Waals surface area contributed by atoms with Gasteiger partial charge in [-0.15, -0.1) is 0 Å². The molecule has 0 amide bonds. The van der Waals surface area contributed by atoms with Gasteiger partial charge in [0.2, 0.25) is 0 Å². The van der Waals surface area contributed by atoms with Crippen molar-refractivity contribution in [3.05, 3.63) is 0 Å². The Bertz CT molecular complexity index is 200. The summed E-state index contributed by atoms with van der Waals surface area (Å²) in [6.45, 7) is 6.49. The van der Waals surface area contributed by atoms with E-state index in [4.69, 9.17) is 0 Å². The van der Waals surface area contributed by atoms with Crippen LogP contribution in [0.4, 0.5) is 0 Å². The molecule has 0 spiro atoms. The van der Waals surface area contributed by atoms with Gasteiger partial charge in [-0.25, -0.2) is 0 Å². The molecule has 2 rings (SSSR count). The molecule has 1 aliphatic heterocycles. The van der Waals surface area contributed by atoms with Crippen molar-refractivity contribution in [3.8, 4) is 0 Å². The average Bonchev–Trinajstić information content (AvgIpc) is 2.45. The summed E-state index contributed by atoms with van der Waals surface area (Å²) in [5.41, 5.74) is 0. The predicted octanol–water partition coefficient (Wildman–Crippen LogP) is 4.86. The summed E-state index contributed by atoms with van der Waals surface area (Å²) >= 11 is 0. The third-order valence-electron chi connectivity index (χ3n) is 5.25.